The summed E-state index contributed by atoms with van der Waals surface area (Å²) < 4.78 is 0. The van der Waals surface area contributed by atoms with E-state index in [0.717, 1.165) is 6.42 Å². The molecule has 0 radical (unpaired) electrons. The molecule has 0 aliphatic rings. The molecule has 0 bridgehead atoms. The van der Waals surface area contributed by atoms with Crippen molar-refractivity contribution in [3.63, 3.8) is 0 Å². The Morgan fingerprint density at radius 2 is 1.75 bits per heavy atom. The van der Waals surface area contributed by atoms with Crippen molar-refractivity contribution in [3.05, 3.63) is 0 Å². The molecule has 0 saturated carbocycles. The quantitative estimate of drug-likeness (QED) is 0.690. The Hall–Kier alpha value is -0.530. The number of hydrogen-bond donors (Lipinski definition) is 1. The molecule has 0 aliphatic carbocycles. The van der Waals surface area contributed by atoms with Crippen LogP contribution >= 0.6 is 0 Å². The molecule has 0 saturated heterocycles. The molecular formula is C10H21NO. The SMILES string of the molecule is CCC(C(=O)NC(C)C)C(C)C. The molecule has 1 atom stereocenters. The van der Waals surface area contributed by atoms with Crippen LogP contribution < -0.4 is 5.32 Å². The molecule has 72 valence electrons. The van der Waals surface area contributed by atoms with Crippen LogP contribution in [0.2, 0.25) is 0 Å². The van der Waals surface area contributed by atoms with Crippen LogP contribution in [-0.4, -0.2) is 11.9 Å². The average Bonchev–Trinajstić information content (AvgIpc) is 1.85. The van der Waals surface area contributed by atoms with Crippen molar-refractivity contribution in [3.8, 4) is 0 Å². The summed E-state index contributed by atoms with van der Waals surface area (Å²) in [5.74, 6) is 0.809. The van der Waals surface area contributed by atoms with Crippen LogP contribution in [0.3, 0.4) is 0 Å². The van der Waals surface area contributed by atoms with Gasteiger partial charge in [0, 0.05) is 12.0 Å². The third-order valence-corrected chi connectivity index (χ3v) is 2.01. The average molecular weight is 171 g/mol. The zero-order valence-corrected chi connectivity index (χ0v) is 8.85. The van der Waals surface area contributed by atoms with E-state index in [0.29, 0.717) is 5.92 Å². The lowest BCUT2D eigenvalue weighted by Crippen LogP contribution is -2.37. The minimum Gasteiger partial charge on any atom is -0.354 e. The van der Waals surface area contributed by atoms with Gasteiger partial charge in [0.05, 0.1) is 0 Å². The second-order valence-electron chi connectivity index (χ2n) is 3.92. The topological polar surface area (TPSA) is 29.1 Å². The van der Waals surface area contributed by atoms with E-state index in [-0.39, 0.29) is 17.9 Å². The van der Waals surface area contributed by atoms with Crippen molar-refractivity contribution in [2.75, 3.05) is 0 Å². The van der Waals surface area contributed by atoms with Crippen molar-refractivity contribution < 1.29 is 4.79 Å². The number of carbonyl (C=O) groups is 1. The van der Waals surface area contributed by atoms with E-state index >= 15 is 0 Å². The van der Waals surface area contributed by atoms with Gasteiger partial charge in [-0.2, -0.15) is 0 Å². The molecule has 0 aromatic rings. The predicted molar refractivity (Wildman–Crippen MR) is 51.9 cm³/mol. The molecular weight excluding hydrogens is 150 g/mol. The number of amides is 1. The molecule has 1 unspecified atom stereocenters. The number of nitrogens with one attached hydrogen (secondary N) is 1. The minimum absolute atomic E-state index is 0.174. The van der Waals surface area contributed by atoms with E-state index in [4.69, 9.17) is 0 Å². The lowest BCUT2D eigenvalue weighted by molar-refractivity contribution is -0.126. The van der Waals surface area contributed by atoms with Crippen LogP contribution in [0.15, 0.2) is 0 Å². The molecule has 0 fully saturated rings. The van der Waals surface area contributed by atoms with Gasteiger partial charge in [0.2, 0.25) is 5.91 Å². The summed E-state index contributed by atoms with van der Waals surface area (Å²) >= 11 is 0. The van der Waals surface area contributed by atoms with E-state index in [1.54, 1.807) is 0 Å². The van der Waals surface area contributed by atoms with Gasteiger partial charge in [-0.3, -0.25) is 4.79 Å². The zero-order valence-electron chi connectivity index (χ0n) is 8.85. The van der Waals surface area contributed by atoms with Gasteiger partial charge in [-0.1, -0.05) is 20.8 Å². The van der Waals surface area contributed by atoms with Gasteiger partial charge in [-0.25, -0.2) is 0 Å². The van der Waals surface area contributed by atoms with Crippen molar-refractivity contribution >= 4 is 5.91 Å². The van der Waals surface area contributed by atoms with Gasteiger partial charge in [0.1, 0.15) is 0 Å². The number of carbonyl (C=O) groups excluding carboxylic acids is 1. The molecule has 12 heavy (non-hydrogen) atoms. The van der Waals surface area contributed by atoms with E-state index in [2.05, 4.69) is 26.1 Å². The van der Waals surface area contributed by atoms with Crippen LogP contribution in [0, 0.1) is 11.8 Å². The predicted octanol–water partition coefficient (Wildman–Crippen LogP) is 2.19. The summed E-state index contributed by atoms with van der Waals surface area (Å²) in [6.07, 6.45) is 0.927. The van der Waals surface area contributed by atoms with Crippen LogP contribution in [0.1, 0.15) is 41.0 Å². The monoisotopic (exact) mass is 171 g/mol. The summed E-state index contributed by atoms with van der Waals surface area (Å²) in [5, 5.41) is 2.94. The molecule has 0 aromatic heterocycles. The van der Waals surface area contributed by atoms with Gasteiger partial charge in [-0.05, 0) is 26.2 Å². The van der Waals surface area contributed by atoms with E-state index < -0.39 is 0 Å². The summed E-state index contributed by atoms with van der Waals surface area (Å²) in [7, 11) is 0. The van der Waals surface area contributed by atoms with Crippen LogP contribution in [0.5, 0.6) is 0 Å². The molecule has 0 heterocycles. The zero-order chi connectivity index (χ0) is 9.72. The van der Waals surface area contributed by atoms with Crippen molar-refractivity contribution in [2.24, 2.45) is 11.8 Å². The summed E-state index contributed by atoms with van der Waals surface area (Å²) in [5.41, 5.74) is 0. The van der Waals surface area contributed by atoms with Crippen LogP contribution in [-0.2, 0) is 4.79 Å². The fourth-order valence-electron chi connectivity index (χ4n) is 1.35. The first-order valence-corrected chi connectivity index (χ1v) is 4.79. The Labute approximate surface area is 75.7 Å². The maximum absolute atomic E-state index is 11.5. The second-order valence-corrected chi connectivity index (χ2v) is 3.92. The molecule has 0 aliphatic heterocycles. The highest BCUT2D eigenvalue weighted by molar-refractivity contribution is 5.79. The van der Waals surface area contributed by atoms with Crippen molar-refractivity contribution in [1.82, 2.24) is 5.32 Å². The van der Waals surface area contributed by atoms with Crippen LogP contribution in [0.25, 0.3) is 0 Å². The molecule has 1 N–H and O–H groups in total. The van der Waals surface area contributed by atoms with Gasteiger partial charge in [-0.15, -0.1) is 0 Å². The van der Waals surface area contributed by atoms with Crippen LogP contribution in [0.4, 0.5) is 0 Å². The molecule has 0 spiro atoms. The first-order valence-electron chi connectivity index (χ1n) is 4.79. The Morgan fingerprint density at radius 1 is 1.25 bits per heavy atom. The Morgan fingerprint density at radius 3 is 2.00 bits per heavy atom. The highest BCUT2D eigenvalue weighted by Gasteiger charge is 2.19. The third-order valence-electron chi connectivity index (χ3n) is 2.01. The molecule has 2 heteroatoms. The maximum Gasteiger partial charge on any atom is 0.223 e. The smallest absolute Gasteiger partial charge is 0.223 e. The minimum atomic E-state index is 0.174. The molecule has 0 rings (SSSR count). The Bertz CT molecular complexity index is 141. The normalized spacial score (nSPS) is 13.6. The van der Waals surface area contributed by atoms with Gasteiger partial charge in [0.25, 0.3) is 0 Å². The Kier molecular flexibility index (Phi) is 4.95. The second kappa shape index (κ2) is 5.18. The van der Waals surface area contributed by atoms with Gasteiger partial charge in [0.15, 0.2) is 0 Å². The first-order chi connectivity index (χ1) is 5.49. The Balaban J connectivity index is 4.04. The van der Waals surface area contributed by atoms with Crippen molar-refractivity contribution in [2.45, 2.75) is 47.1 Å². The standard InChI is InChI=1S/C10H21NO/c1-6-9(7(2)3)10(12)11-8(4)5/h7-9H,6H2,1-5H3,(H,11,12). The fourth-order valence-corrected chi connectivity index (χ4v) is 1.35. The summed E-state index contributed by atoms with van der Waals surface area (Å²) in [6, 6.07) is 0.255. The third kappa shape index (κ3) is 3.74. The lowest BCUT2D eigenvalue weighted by atomic mass is 9.92. The molecule has 1 amide bonds. The maximum atomic E-state index is 11.5. The number of hydrogen-bond acceptors (Lipinski definition) is 1. The fraction of sp³-hybridized carbons (Fsp3) is 0.900. The largest absolute Gasteiger partial charge is 0.354 e. The van der Waals surface area contributed by atoms with E-state index in [1.165, 1.54) is 0 Å². The highest BCUT2D eigenvalue weighted by atomic mass is 16.1. The summed E-state index contributed by atoms with van der Waals surface area (Å²) in [4.78, 5) is 11.5. The van der Waals surface area contributed by atoms with Gasteiger partial charge >= 0.3 is 0 Å². The van der Waals surface area contributed by atoms with Crippen molar-refractivity contribution in [1.29, 1.82) is 0 Å². The van der Waals surface area contributed by atoms with Gasteiger partial charge < -0.3 is 5.32 Å². The summed E-state index contributed by atoms with van der Waals surface area (Å²) in [6.45, 7) is 10.2. The molecule has 2 nitrogen and oxygen atoms in total. The molecule has 0 aromatic carbocycles. The number of rotatable bonds is 4. The first kappa shape index (κ1) is 11.5. The highest BCUT2D eigenvalue weighted by Crippen LogP contribution is 2.14. The van der Waals surface area contributed by atoms with E-state index in [1.807, 2.05) is 13.8 Å². The lowest BCUT2D eigenvalue weighted by Gasteiger charge is -2.19. The van der Waals surface area contributed by atoms with E-state index in [9.17, 15) is 4.79 Å².